The minimum Gasteiger partial charge on any atom is -0.394 e. The van der Waals surface area contributed by atoms with Crippen LogP contribution in [0.3, 0.4) is 0 Å². The molecule has 0 aromatic carbocycles. The Morgan fingerprint density at radius 1 is 1.44 bits per heavy atom. The molecule has 0 amide bonds. The van der Waals surface area contributed by atoms with Crippen LogP contribution in [0.15, 0.2) is 0 Å². The maximum Gasteiger partial charge on any atom is 0.389 e. The molecule has 2 unspecified atom stereocenters. The molecule has 1 rings (SSSR count). The molecule has 1 saturated carbocycles. The van der Waals surface area contributed by atoms with Crippen molar-refractivity contribution in [3.05, 3.63) is 0 Å². The van der Waals surface area contributed by atoms with Crippen molar-refractivity contribution in [3.63, 3.8) is 0 Å². The average molecular weight is 241 g/mol. The number of aliphatic hydroxyl groups is 1. The molecule has 0 aromatic heterocycles. The molecular weight excluding hydrogens is 223 g/mol. The zero-order valence-corrected chi connectivity index (χ0v) is 9.09. The Kier molecular flexibility index (Phi) is 4.58. The Morgan fingerprint density at radius 3 is 2.62 bits per heavy atom. The second-order valence-corrected chi connectivity index (χ2v) is 4.47. The zero-order chi connectivity index (χ0) is 12.2. The Labute approximate surface area is 92.8 Å². The second-order valence-electron chi connectivity index (χ2n) is 4.47. The Morgan fingerprint density at radius 2 is 2.12 bits per heavy atom. The maximum atomic E-state index is 11.8. The van der Waals surface area contributed by atoms with Crippen LogP contribution in [0, 0.1) is 0 Å². The lowest BCUT2D eigenvalue weighted by Crippen LogP contribution is -2.41. The standard InChI is InChI=1S/C10H18F3NO2/c11-10(12,13)3-1-5-16-8-2-4-9(14,6-8)7-15/h8,15H,1-7,14H2. The third-order valence-electron chi connectivity index (χ3n) is 2.87. The smallest absolute Gasteiger partial charge is 0.389 e. The number of alkyl halides is 3. The van der Waals surface area contributed by atoms with E-state index >= 15 is 0 Å². The highest BCUT2D eigenvalue weighted by molar-refractivity contribution is 4.93. The van der Waals surface area contributed by atoms with Gasteiger partial charge in [0.15, 0.2) is 0 Å². The third kappa shape index (κ3) is 4.67. The Hall–Kier alpha value is -0.330. The lowest BCUT2D eigenvalue weighted by Gasteiger charge is -2.20. The van der Waals surface area contributed by atoms with E-state index < -0.39 is 18.1 Å². The summed E-state index contributed by atoms with van der Waals surface area (Å²) in [5, 5.41) is 8.99. The van der Waals surface area contributed by atoms with Gasteiger partial charge in [-0.05, 0) is 25.7 Å². The van der Waals surface area contributed by atoms with Gasteiger partial charge < -0.3 is 15.6 Å². The summed E-state index contributed by atoms with van der Waals surface area (Å²) in [4.78, 5) is 0. The van der Waals surface area contributed by atoms with E-state index in [9.17, 15) is 13.2 Å². The molecule has 6 heteroatoms. The van der Waals surface area contributed by atoms with Crippen LogP contribution in [0.5, 0.6) is 0 Å². The fourth-order valence-corrected chi connectivity index (χ4v) is 1.91. The van der Waals surface area contributed by atoms with Crippen LogP contribution >= 0.6 is 0 Å². The SMILES string of the molecule is NC1(CO)CCC(OCCCC(F)(F)F)C1. The van der Waals surface area contributed by atoms with E-state index in [1.54, 1.807) is 0 Å². The number of hydrogen-bond acceptors (Lipinski definition) is 3. The minimum absolute atomic E-state index is 0.0172. The van der Waals surface area contributed by atoms with E-state index in [2.05, 4.69) is 0 Å². The number of ether oxygens (including phenoxy) is 1. The molecule has 0 aromatic rings. The van der Waals surface area contributed by atoms with Gasteiger partial charge in [-0.2, -0.15) is 13.2 Å². The topological polar surface area (TPSA) is 55.5 Å². The summed E-state index contributed by atoms with van der Waals surface area (Å²) < 4.78 is 40.8. The van der Waals surface area contributed by atoms with E-state index in [1.165, 1.54) is 0 Å². The molecule has 3 nitrogen and oxygen atoms in total. The van der Waals surface area contributed by atoms with Gasteiger partial charge in [0, 0.05) is 18.6 Å². The molecule has 1 aliphatic carbocycles. The fourth-order valence-electron chi connectivity index (χ4n) is 1.91. The lowest BCUT2D eigenvalue weighted by atomic mass is 10.0. The van der Waals surface area contributed by atoms with Crippen LogP contribution in [-0.4, -0.2) is 36.1 Å². The first kappa shape index (κ1) is 13.7. The summed E-state index contributed by atoms with van der Waals surface area (Å²) in [6.45, 7) is 0.00109. The zero-order valence-electron chi connectivity index (χ0n) is 9.09. The monoisotopic (exact) mass is 241 g/mol. The first-order valence-corrected chi connectivity index (χ1v) is 5.43. The molecule has 0 aliphatic heterocycles. The molecule has 0 saturated heterocycles. The van der Waals surface area contributed by atoms with Crippen LogP contribution in [-0.2, 0) is 4.74 Å². The Bertz CT molecular complexity index is 223. The normalized spacial score (nSPS) is 30.9. The second kappa shape index (κ2) is 5.33. The summed E-state index contributed by atoms with van der Waals surface area (Å²) in [6.07, 6.45) is -3.15. The van der Waals surface area contributed by atoms with Crippen molar-refractivity contribution < 1.29 is 23.0 Å². The highest BCUT2D eigenvalue weighted by atomic mass is 19.4. The van der Waals surface area contributed by atoms with Crippen molar-refractivity contribution in [2.24, 2.45) is 5.73 Å². The minimum atomic E-state index is -4.11. The third-order valence-corrected chi connectivity index (χ3v) is 2.87. The quantitative estimate of drug-likeness (QED) is 0.719. The van der Waals surface area contributed by atoms with Gasteiger partial charge in [0.1, 0.15) is 0 Å². The highest BCUT2D eigenvalue weighted by Crippen LogP contribution is 2.30. The van der Waals surface area contributed by atoms with E-state index in [-0.39, 0.29) is 25.7 Å². The van der Waals surface area contributed by atoms with Gasteiger partial charge in [-0.1, -0.05) is 0 Å². The highest BCUT2D eigenvalue weighted by Gasteiger charge is 2.35. The number of rotatable bonds is 5. The summed E-state index contributed by atoms with van der Waals surface area (Å²) in [6, 6.07) is 0. The van der Waals surface area contributed by atoms with Crippen LogP contribution in [0.25, 0.3) is 0 Å². The average Bonchev–Trinajstić information content (AvgIpc) is 2.55. The number of aliphatic hydroxyl groups excluding tert-OH is 1. The van der Waals surface area contributed by atoms with Crippen molar-refractivity contribution in [1.29, 1.82) is 0 Å². The number of nitrogens with two attached hydrogens (primary N) is 1. The molecule has 2 atom stereocenters. The van der Waals surface area contributed by atoms with Gasteiger partial charge >= 0.3 is 6.18 Å². The molecule has 0 heterocycles. The molecule has 0 bridgehead atoms. The van der Waals surface area contributed by atoms with Gasteiger partial charge in [-0.25, -0.2) is 0 Å². The van der Waals surface area contributed by atoms with Crippen molar-refractivity contribution in [3.8, 4) is 0 Å². The predicted octanol–water partition coefficient (Wildman–Crippen LogP) is 1.59. The molecular formula is C10H18F3NO2. The van der Waals surface area contributed by atoms with Gasteiger partial charge in [-0.15, -0.1) is 0 Å². The van der Waals surface area contributed by atoms with E-state index in [4.69, 9.17) is 15.6 Å². The van der Waals surface area contributed by atoms with Crippen molar-refractivity contribution in [2.75, 3.05) is 13.2 Å². The first-order chi connectivity index (χ1) is 7.35. The largest absolute Gasteiger partial charge is 0.394 e. The van der Waals surface area contributed by atoms with Gasteiger partial charge in [0.05, 0.1) is 12.7 Å². The van der Waals surface area contributed by atoms with Crippen LogP contribution < -0.4 is 5.73 Å². The summed E-state index contributed by atoms with van der Waals surface area (Å²) >= 11 is 0. The fraction of sp³-hybridized carbons (Fsp3) is 1.00. The van der Waals surface area contributed by atoms with E-state index in [0.717, 1.165) is 0 Å². The molecule has 16 heavy (non-hydrogen) atoms. The van der Waals surface area contributed by atoms with Gasteiger partial charge in [0.25, 0.3) is 0 Å². The summed E-state index contributed by atoms with van der Waals surface area (Å²) in [5.74, 6) is 0. The predicted molar refractivity (Wildman–Crippen MR) is 52.9 cm³/mol. The van der Waals surface area contributed by atoms with Crippen LogP contribution in [0.2, 0.25) is 0 Å². The van der Waals surface area contributed by atoms with Gasteiger partial charge in [0.2, 0.25) is 0 Å². The maximum absolute atomic E-state index is 11.8. The molecule has 96 valence electrons. The number of hydrogen-bond donors (Lipinski definition) is 2. The molecule has 3 N–H and O–H groups in total. The first-order valence-electron chi connectivity index (χ1n) is 5.43. The molecule has 0 radical (unpaired) electrons. The molecule has 1 fully saturated rings. The molecule has 1 aliphatic rings. The van der Waals surface area contributed by atoms with E-state index in [0.29, 0.717) is 19.3 Å². The van der Waals surface area contributed by atoms with Gasteiger partial charge in [-0.3, -0.25) is 0 Å². The summed E-state index contributed by atoms with van der Waals surface area (Å²) in [5.41, 5.74) is 5.21. The Balaban J connectivity index is 2.12. The van der Waals surface area contributed by atoms with Crippen molar-refractivity contribution in [2.45, 2.75) is 49.9 Å². The lowest BCUT2D eigenvalue weighted by molar-refractivity contribution is -0.138. The van der Waals surface area contributed by atoms with Crippen molar-refractivity contribution in [1.82, 2.24) is 0 Å². The van der Waals surface area contributed by atoms with E-state index in [1.807, 2.05) is 0 Å². The van der Waals surface area contributed by atoms with Crippen molar-refractivity contribution >= 4 is 0 Å². The summed E-state index contributed by atoms with van der Waals surface area (Å²) in [7, 11) is 0. The molecule has 0 spiro atoms. The van der Waals surface area contributed by atoms with Crippen LogP contribution in [0.4, 0.5) is 13.2 Å². The van der Waals surface area contributed by atoms with Crippen LogP contribution in [0.1, 0.15) is 32.1 Å². The number of halogens is 3.